The van der Waals surface area contributed by atoms with Crippen molar-refractivity contribution in [2.45, 2.75) is 52.4 Å². The second-order valence-corrected chi connectivity index (χ2v) is 7.73. The molecule has 0 aliphatic carbocycles. The minimum atomic E-state index is -0.953. The van der Waals surface area contributed by atoms with E-state index >= 15 is 0 Å². The number of rotatable bonds is 13. The number of carbonyl (C=O) groups is 2. The zero-order valence-corrected chi connectivity index (χ0v) is 17.9. The average Bonchev–Trinajstić information content (AvgIpc) is 2.73. The summed E-state index contributed by atoms with van der Waals surface area (Å²) in [6.45, 7) is 4.91. The van der Waals surface area contributed by atoms with E-state index < -0.39 is 5.97 Å². The van der Waals surface area contributed by atoms with Crippen LogP contribution in [0.4, 0.5) is 0 Å². The van der Waals surface area contributed by atoms with Gasteiger partial charge in [-0.2, -0.15) is 0 Å². The summed E-state index contributed by atoms with van der Waals surface area (Å²) >= 11 is 0. The van der Waals surface area contributed by atoms with Crippen LogP contribution in [0.3, 0.4) is 0 Å². The molecule has 0 radical (unpaired) electrons. The zero-order valence-electron chi connectivity index (χ0n) is 17.9. The summed E-state index contributed by atoms with van der Waals surface area (Å²) in [5.41, 5.74) is 0.858. The van der Waals surface area contributed by atoms with Crippen LogP contribution in [0.2, 0.25) is 0 Å². The lowest BCUT2D eigenvalue weighted by Crippen LogP contribution is -2.12. The first-order chi connectivity index (χ1) is 14.5. The molecule has 5 nitrogen and oxygen atoms in total. The van der Waals surface area contributed by atoms with Crippen LogP contribution < -0.4 is 4.74 Å². The third-order valence-electron chi connectivity index (χ3n) is 4.78. The fourth-order valence-corrected chi connectivity index (χ4v) is 3.04. The van der Waals surface area contributed by atoms with Crippen molar-refractivity contribution in [3.05, 3.63) is 48.0 Å². The zero-order chi connectivity index (χ0) is 21.8. The number of aliphatic carboxylic acids is 1. The maximum atomic E-state index is 11.3. The number of hydrogen-bond acceptors (Lipinski definition) is 4. The Labute approximate surface area is 178 Å². The molecule has 0 fully saturated rings. The lowest BCUT2D eigenvalue weighted by atomic mass is 10.1. The standard InChI is InChI=1S/C25H32O5/c1-19(2)25(28)30-16-8-6-4-3-5-7-15-29-23-13-12-21-17-20(10-14-24(26)27)9-11-22(21)18-23/h9-14,17-19H,3-8,15-16H2,1-2H3,(H,26,27)/b14-10+. The minimum Gasteiger partial charge on any atom is -0.494 e. The van der Waals surface area contributed by atoms with Gasteiger partial charge >= 0.3 is 11.9 Å². The number of esters is 1. The molecule has 30 heavy (non-hydrogen) atoms. The van der Waals surface area contributed by atoms with Gasteiger partial charge in [-0.3, -0.25) is 4.79 Å². The molecule has 0 atom stereocenters. The van der Waals surface area contributed by atoms with Crippen LogP contribution in [0.1, 0.15) is 57.9 Å². The summed E-state index contributed by atoms with van der Waals surface area (Å²) in [5, 5.41) is 10.8. The third-order valence-corrected chi connectivity index (χ3v) is 4.78. The monoisotopic (exact) mass is 412 g/mol. The van der Waals surface area contributed by atoms with Gasteiger partial charge in [-0.25, -0.2) is 4.79 Å². The van der Waals surface area contributed by atoms with E-state index in [0.29, 0.717) is 13.2 Å². The Balaban J connectivity index is 1.61. The Bertz CT molecular complexity index is 854. The Kier molecular flexibility index (Phi) is 9.92. The molecule has 1 N–H and O–H groups in total. The summed E-state index contributed by atoms with van der Waals surface area (Å²) in [6, 6.07) is 11.8. The summed E-state index contributed by atoms with van der Waals surface area (Å²) in [5.74, 6) is -0.267. The Morgan fingerprint density at radius 2 is 1.53 bits per heavy atom. The summed E-state index contributed by atoms with van der Waals surface area (Å²) in [7, 11) is 0. The van der Waals surface area contributed by atoms with Gasteiger partial charge in [0.15, 0.2) is 0 Å². The van der Waals surface area contributed by atoms with E-state index in [1.54, 1.807) is 6.08 Å². The molecule has 0 unspecified atom stereocenters. The number of benzene rings is 2. The summed E-state index contributed by atoms with van der Waals surface area (Å²) in [6.07, 6.45) is 9.18. The molecule has 0 spiro atoms. The van der Waals surface area contributed by atoms with Crippen molar-refractivity contribution < 1.29 is 24.2 Å². The highest BCUT2D eigenvalue weighted by Gasteiger charge is 2.07. The van der Waals surface area contributed by atoms with Crippen molar-refractivity contribution in [2.75, 3.05) is 13.2 Å². The van der Waals surface area contributed by atoms with E-state index in [9.17, 15) is 9.59 Å². The molecule has 0 saturated carbocycles. The quantitative estimate of drug-likeness (QED) is 0.254. The second-order valence-electron chi connectivity index (χ2n) is 7.73. The Morgan fingerprint density at radius 1 is 0.900 bits per heavy atom. The van der Waals surface area contributed by atoms with Gasteiger partial charge in [-0.15, -0.1) is 0 Å². The molecular formula is C25H32O5. The molecule has 0 aromatic heterocycles. The van der Waals surface area contributed by atoms with Gasteiger partial charge in [0.05, 0.1) is 19.1 Å². The number of carboxylic acid groups (broad SMARTS) is 1. The van der Waals surface area contributed by atoms with Crippen molar-refractivity contribution in [3.8, 4) is 5.75 Å². The third kappa shape index (κ3) is 8.68. The summed E-state index contributed by atoms with van der Waals surface area (Å²) in [4.78, 5) is 22.0. The molecule has 0 bridgehead atoms. The molecule has 5 heteroatoms. The topological polar surface area (TPSA) is 72.8 Å². The van der Waals surface area contributed by atoms with Crippen molar-refractivity contribution in [1.29, 1.82) is 0 Å². The van der Waals surface area contributed by atoms with E-state index in [1.165, 1.54) is 0 Å². The van der Waals surface area contributed by atoms with Gasteiger partial charge < -0.3 is 14.6 Å². The largest absolute Gasteiger partial charge is 0.494 e. The highest BCUT2D eigenvalue weighted by molar-refractivity contribution is 5.89. The van der Waals surface area contributed by atoms with E-state index in [4.69, 9.17) is 14.6 Å². The van der Waals surface area contributed by atoms with Gasteiger partial charge in [0.1, 0.15) is 5.75 Å². The van der Waals surface area contributed by atoms with Gasteiger partial charge in [0.25, 0.3) is 0 Å². The van der Waals surface area contributed by atoms with Crippen LogP contribution in [0.15, 0.2) is 42.5 Å². The van der Waals surface area contributed by atoms with Crippen molar-refractivity contribution in [2.24, 2.45) is 5.92 Å². The van der Waals surface area contributed by atoms with Crippen molar-refractivity contribution in [3.63, 3.8) is 0 Å². The molecule has 0 heterocycles. The predicted molar refractivity (Wildman–Crippen MR) is 120 cm³/mol. The Hall–Kier alpha value is -2.82. The lowest BCUT2D eigenvalue weighted by molar-refractivity contribution is -0.147. The van der Waals surface area contributed by atoms with Crippen LogP contribution in [-0.2, 0) is 14.3 Å². The van der Waals surface area contributed by atoms with Crippen LogP contribution in [0, 0.1) is 5.92 Å². The Morgan fingerprint density at radius 3 is 2.23 bits per heavy atom. The minimum absolute atomic E-state index is 0.0500. The van der Waals surface area contributed by atoms with Crippen LogP contribution in [0.5, 0.6) is 5.75 Å². The molecule has 0 aliphatic rings. The highest BCUT2D eigenvalue weighted by atomic mass is 16.5. The van der Waals surface area contributed by atoms with E-state index in [1.807, 2.05) is 50.2 Å². The fourth-order valence-electron chi connectivity index (χ4n) is 3.04. The van der Waals surface area contributed by atoms with Crippen molar-refractivity contribution >= 4 is 28.8 Å². The SMILES string of the molecule is CC(C)C(=O)OCCCCCCCCOc1ccc2cc(/C=C/C(=O)O)ccc2c1. The van der Waals surface area contributed by atoms with Crippen LogP contribution in [-0.4, -0.2) is 30.3 Å². The van der Waals surface area contributed by atoms with Gasteiger partial charge in [-0.05, 0) is 53.5 Å². The molecular weight excluding hydrogens is 380 g/mol. The fraction of sp³-hybridized carbons (Fsp3) is 0.440. The molecule has 0 aliphatic heterocycles. The number of carboxylic acids is 1. The molecule has 0 saturated heterocycles. The van der Waals surface area contributed by atoms with E-state index in [2.05, 4.69) is 0 Å². The number of fused-ring (bicyclic) bond motifs is 1. The van der Waals surface area contributed by atoms with E-state index in [-0.39, 0.29) is 11.9 Å². The van der Waals surface area contributed by atoms with E-state index in [0.717, 1.165) is 66.7 Å². The molecule has 162 valence electrons. The maximum absolute atomic E-state index is 11.3. The molecule has 0 amide bonds. The lowest BCUT2D eigenvalue weighted by Gasteiger charge is -2.08. The number of carbonyl (C=O) groups excluding carboxylic acids is 1. The highest BCUT2D eigenvalue weighted by Crippen LogP contribution is 2.23. The van der Waals surface area contributed by atoms with Gasteiger partial charge in [0.2, 0.25) is 0 Å². The number of hydrogen-bond donors (Lipinski definition) is 1. The smallest absolute Gasteiger partial charge is 0.328 e. The van der Waals surface area contributed by atoms with Crippen LogP contribution in [0.25, 0.3) is 16.8 Å². The van der Waals surface area contributed by atoms with Gasteiger partial charge in [0, 0.05) is 6.08 Å². The maximum Gasteiger partial charge on any atom is 0.328 e. The first-order valence-electron chi connectivity index (χ1n) is 10.7. The number of unbranched alkanes of at least 4 members (excludes halogenated alkanes) is 5. The van der Waals surface area contributed by atoms with Crippen LogP contribution >= 0.6 is 0 Å². The molecule has 2 aromatic carbocycles. The van der Waals surface area contributed by atoms with Crippen molar-refractivity contribution in [1.82, 2.24) is 0 Å². The normalized spacial score (nSPS) is 11.3. The first kappa shape index (κ1) is 23.5. The second kappa shape index (κ2) is 12.7. The summed E-state index contributed by atoms with van der Waals surface area (Å²) < 4.78 is 11.0. The first-order valence-corrected chi connectivity index (χ1v) is 10.7. The predicted octanol–water partition coefficient (Wildman–Crippen LogP) is 5.86. The number of ether oxygens (including phenoxy) is 2. The molecule has 2 rings (SSSR count). The average molecular weight is 413 g/mol. The molecule has 2 aromatic rings. The van der Waals surface area contributed by atoms with Gasteiger partial charge in [-0.1, -0.05) is 57.7 Å².